The third-order valence-corrected chi connectivity index (χ3v) is 2.82. The topological polar surface area (TPSA) is 77.7 Å². The van der Waals surface area contributed by atoms with Crippen LogP contribution in [0.1, 0.15) is 39.7 Å². The largest absolute Gasteiger partial charge is 0.453 e. The fourth-order valence-corrected chi connectivity index (χ4v) is 1.74. The zero-order valence-electron chi connectivity index (χ0n) is 13.7. The van der Waals surface area contributed by atoms with Crippen LogP contribution >= 0.6 is 0 Å². The molecule has 0 saturated carbocycles. The zero-order valence-corrected chi connectivity index (χ0v) is 13.7. The first-order valence-electron chi connectivity index (χ1n) is 7.15. The van der Waals surface area contributed by atoms with Crippen LogP contribution in [0, 0.1) is 5.82 Å². The third-order valence-electron chi connectivity index (χ3n) is 2.82. The van der Waals surface area contributed by atoms with Gasteiger partial charge < -0.3 is 15.2 Å². The molecule has 22 heavy (non-hydrogen) atoms. The zero-order chi connectivity index (χ0) is 16.9. The van der Waals surface area contributed by atoms with Gasteiger partial charge in [-0.2, -0.15) is 0 Å². The predicted octanol–water partition coefficient (Wildman–Crippen LogP) is 2.66. The predicted molar refractivity (Wildman–Crippen MR) is 80.8 cm³/mol. The lowest BCUT2D eigenvalue weighted by Gasteiger charge is -2.30. The highest BCUT2D eigenvalue weighted by Gasteiger charge is 2.26. The Balaban J connectivity index is 2.86. The maximum Gasteiger partial charge on any atom is 0.412 e. The van der Waals surface area contributed by atoms with E-state index in [0.717, 1.165) is 6.20 Å². The van der Waals surface area contributed by atoms with E-state index in [9.17, 15) is 9.18 Å². The van der Waals surface area contributed by atoms with E-state index >= 15 is 0 Å². The van der Waals surface area contributed by atoms with Crippen molar-refractivity contribution in [1.29, 1.82) is 0 Å². The standard InChI is InChI=1S/C15H24FN3O3/c1-6-12(19(5)14(20)22-15(2,3)4)21-13-10(8-17)7-11(16)9-18-13/h7,9,12H,6,8,17H2,1-5H3. The lowest BCUT2D eigenvalue weighted by atomic mass is 10.2. The van der Waals surface area contributed by atoms with Crippen molar-refractivity contribution < 1.29 is 18.7 Å². The summed E-state index contributed by atoms with van der Waals surface area (Å²) in [6.45, 7) is 7.31. The van der Waals surface area contributed by atoms with Crippen molar-refractivity contribution >= 4 is 6.09 Å². The molecule has 0 aliphatic heterocycles. The summed E-state index contributed by atoms with van der Waals surface area (Å²) in [6, 6.07) is 1.27. The molecule has 0 aliphatic carbocycles. The molecule has 0 spiro atoms. The van der Waals surface area contributed by atoms with Gasteiger partial charge in [-0.15, -0.1) is 0 Å². The number of rotatable bonds is 5. The fraction of sp³-hybridized carbons (Fsp3) is 0.600. The third kappa shape index (κ3) is 5.14. The number of amides is 1. The van der Waals surface area contributed by atoms with Gasteiger partial charge in [0.15, 0.2) is 6.23 Å². The van der Waals surface area contributed by atoms with E-state index < -0.39 is 23.7 Å². The molecule has 6 nitrogen and oxygen atoms in total. The van der Waals surface area contributed by atoms with Gasteiger partial charge in [-0.05, 0) is 26.8 Å². The van der Waals surface area contributed by atoms with Gasteiger partial charge in [0.1, 0.15) is 11.4 Å². The van der Waals surface area contributed by atoms with E-state index in [-0.39, 0.29) is 12.4 Å². The first-order chi connectivity index (χ1) is 10.2. The van der Waals surface area contributed by atoms with E-state index in [1.807, 2.05) is 6.92 Å². The van der Waals surface area contributed by atoms with Gasteiger partial charge >= 0.3 is 6.09 Å². The van der Waals surface area contributed by atoms with Crippen LogP contribution < -0.4 is 10.5 Å². The summed E-state index contributed by atoms with van der Waals surface area (Å²) in [6.07, 6.45) is 0.474. The Morgan fingerprint density at radius 2 is 2.14 bits per heavy atom. The second-order valence-electron chi connectivity index (χ2n) is 5.89. The van der Waals surface area contributed by atoms with Crippen LogP contribution in [0.3, 0.4) is 0 Å². The van der Waals surface area contributed by atoms with Crippen molar-refractivity contribution in [2.24, 2.45) is 5.73 Å². The molecular weight excluding hydrogens is 289 g/mol. The van der Waals surface area contributed by atoms with Crippen LogP contribution in [-0.2, 0) is 11.3 Å². The molecule has 0 radical (unpaired) electrons. The normalized spacial score (nSPS) is 12.7. The average molecular weight is 313 g/mol. The molecule has 1 amide bonds. The average Bonchev–Trinajstić information content (AvgIpc) is 2.43. The highest BCUT2D eigenvalue weighted by Crippen LogP contribution is 2.20. The van der Waals surface area contributed by atoms with Gasteiger partial charge in [0, 0.05) is 25.6 Å². The number of aromatic nitrogens is 1. The highest BCUT2D eigenvalue weighted by molar-refractivity contribution is 5.68. The Hall–Kier alpha value is -1.89. The molecule has 7 heteroatoms. The molecule has 1 aromatic heterocycles. The molecule has 1 rings (SSSR count). The van der Waals surface area contributed by atoms with Gasteiger partial charge in [-0.25, -0.2) is 14.2 Å². The van der Waals surface area contributed by atoms with Crippen molar-refractivity contribution in [2.75, 3.05) is 7.05 Å². The van der Waals surface area contributed by atoms with Gasteiger partial charge in [-0.3, -0.25) is 4.90 Å². The number of ether oxygens (including phenoxy) is 2. The summed E-state index contributed by atoms with van der Waals surface area (Å²) in [5, 5.41) is 0. The second-order valence-corrected chi connectivity index (χ2v) is 5.89. The molecule has 1 aromatic rings. The van der Waals surface area contributed by atoms with Crippen LogP contribution in [0.25, 0.3) is 0 Å². The number of hydrogen-bond acceptors (Lipinski definition) is 5. The number of hydrogen-bond donors (Lipinski definition) is 1. The molecule has 0 saturated heterocycles. The smallest absolute Gasteiger partial charge is 0.412 e. The first-order valence-corrected chi connectivity index (χ1v) is 7.15. The van der Waals surface area contributed by atoms with Crippen molar-refractivity contribution in [3.8, 4) is 5.88 Å². The maximum atomic E-state index is 13.2. The van der Waals surface area contributed by atoms with Crippen molar-refractivity contribution in [3.05, 3.63) is 23.6 Å². The number of carbonyl (C=O) groups excluding carboxylic acids is 1. The highest BCUT2D eigenvalue weighted by atomic mass is 19.1. The first kappa shape index (κ1) is 18.2. The molecule has 1 unspecified atom stereocenters. The minimum absolute atomic E-state index is 0.0900. The summed E-state index contributed by atoms with van der Waals surface area (Å²) in [7, 11) is 1.58. The van der Waals surface area contributed by atoms with Crippen LogP contribution in [-0.4, -0.2) is 34.9 Å². The van der Waals surface area contributed by atoms with Crippen molar-refractivity contribution in [1.82, 2.24) is 9.88 Å². The number of pyridine rings is 1. The Morgan fingerprint density at radius 1 is 1.50 bits per heavy atom. The van der Waals surface area contributed by atoms with Crippen LogP contribution in [0.2, 0.25) is 0 Å². The number of nitrogens with two attached hydrogens (primary N) is 1. The number of halogens is 1. The van der Waals surface area contributed by atoms with Crippen molar-refractivity contribution in [3.63, 3.8) is 0 Å². The van der Waals surface area contributed by atoms with E-state index in [4.69, 9.17) is 15.2 Å². The minimum atomic E-state index is -0.597. The lowest BCUT2D eigenvalue weighted by Crippen LogP contribution is -2.43. The number of nitrogens with zero attached hydrogens (tertiary/aromatic N) is 2. The Labute approximate surface area is 130 Å². The number of carbonyl (C=O) groups is 1. The van der Waals surface area contributed by atoms with Gasteiger partial charge in [0.05, 0.1) is 6.20 Å². The van der Waals surface area contributed by atoms with Gasteiger partial charge in [-0.1, -0.05) is 6.92 Å². The van der Waals surface area contributed by atoms with Gasteiger partial charge in [0.2, 0.25) is 5.88 Å². The monoisotopic (exact) mass is 313 g/mol. The Bertz CT molecular complexity index is 517. The molecule has 2 N–H and O–H groups in total. The Morgan fingerprint density at radius 3 is 2.64 bits per heavy atom. The Kier molecular flexibility index (Phi) is 6.11. The van der Waals surface area contributed by atoms with E-state index in [1.165, 1.54) is 11.0 Å². The van der Waals surface area contributed by atoms with E-state index in [0.29, 0.717) is 12.0 Å². The SMILES string of the molecule is CCC(Oc1ncc(F)cc1CN)N(C)C(=O)OC(C)(C)C. The molecule has 0 bridgehead atoms. The summed E-state index contributed by atoms with van der Waals surface area (Å²) < 4.78 is 24.2. The molecule has 1 heterocycles. The summed E-state index contributed by atoms with van der Waals surface area (Å²) in [4.78, 5) is 17.3. The molecule has 0 aliphatic rings. The molecule has 0 aromatic carbocycles. The molecule has 124 valence electrons. The molecule has 1 atom stereocenters. The van der Waals surface area contributed by atoms with Crippen LogP contribution in [0.4, 0.5) is 9.18 Å². The second kappa shape index (κ2) is 7.40. The van der Waals surface area contributed by atoms with Crippen LogP contribution in [0.5, 0.6) is 5.88 Å². The lowest BCUT2D eigenvalue weighted by molar-refractivity contribution is -0.0131. The van der Waals surface area contributed by atoms with Crippen molar-refractivity contribution in [2.45, 2.75) is 52.5 Å². The van der Waals surface area contributed by atoms with Gasteiger partial charge in [0.25, 0.3) is 0 Å². The minimum Gasteiger partial charge on any atom is -0.453 e. The summed E-state index contributed by atoms with van der Waals surface area (Å²) >= 11 is 0. The van der Waals surface area contributed by atoms with E-state index in [1.54, 1.807) is 27.8 Å². The fourth-order valence-electron chi connectivity index (χ4n) is 1.74. The molecule has 0 fully saturated rings. The summed E-state index contributed by atoms with van der Waals surface area (Å²) in [5.41, 5.74) is 5.41. The molecular formula is C15H24FN3O3. The summed E-state index contributed by atoms with van der Waals surface area (Å²) in [5.74, 6) is -0.271. The maximum absolute atomic E-state index is 13.2. The van der Waals surface area contributed by atoms with E-state index in [2.05, 4.69) is 4.98 Å². The van der Waals surface area contributed by atoms with Crippen LogP contribution in [0.15, 0.2) is 12.3 Å². The quantitative estimate of drug-likeness (QED) is 0.846.